The van der Waals surface area contributed by atoms with E-state index in [2.05, 4.69) is 15.9 Å². The summed E-state index contributed by atoms with van der Waals surface area (Å²) >= 11 is 3.24. The van der Waals surface area contributed by atoms with Gasteiger partial charge in [-0.15, -0.1) is 0 Å². The van der Waals surface area contributed by atoms with Crippen LogP contribution in [0, 0.1) is 0 Å². The number of nitrogens with zero attached hydrogens (tertiary/aromatic N) is 1. The van der Waals surface area contributed by atoms with E-state index in [1.807, 2.05) is 42.5 Å². The average Bonchev–Trinajstić information content (AvgIpc) is 3.20. The van der Waals surface area contributed by atoms with Crippen LogP contribution in [0.25, 0.3) is 38.6 Å². The maximum Gasteiger partial charge on any atom is 0.202 e. The second kappa shape index (κ2) is 7.28. The van der Waals surface area contributed by atoms with Gasteiger partial charge < -0.3 is 35.2 Å². The van der Waals surface area contributed by atoms with E-state index in [0.717, 1.165) is 11.1 Å². The Hall–Kier alpha value is -3.98. The fraction of sp³-hybridized carbons (Fsp3) is 0. The van der Waals surface area contributed by atoms with E-state index in [1.165, 1.54) is 4.57 Å². The zero-order valence-corrected chi connectivity index (χ0v) is 18.4. The van der Waals surface area contributed by atoms with Crippen LogP contribution in [0.3, 0.4) is 0 Å². The molecule has 0 fully saturated rings. The van der Waals surface area contributed by atoms with Crippen LogP contribution in [0.4, 0.5) is 0 Å². The lowest BCUT2D eigenvalue weighted by Gasteiger charge is -2.13. The zero-order valence-electron chi connectivity index (χ0n) is 16.8. The number of aromatic nitrogens is 1. The average molecular weight is 504 g/mol. The van der Waals surface area contributed by atoms with Gasteiger partial charge in [-0.1, -0.05) is 42.5 Å². The molecule has 5 rings (SSSR count). The van der Waals surface area contributed by atoms with Crippen LogP contribution in [0.5, 0.6) is 34.5 Å². The van der Waals surface area contributed by atoms with Gasteiger partial charge in [-0.3, -0.25) is 0 Å². The van der Waals surface area contributed by atoms with Crippen molar-refractivity contribution in [2.75, 3.05) is 0 Å². The predicted octanol–water partition coefficient (Wildman–Crippen LogP) is 4.24. The van der Waals surface area contributed by atoms with E-state index in [-0.39, 0.29) is 31.7 Å². The lowest BCUT2D eigenvalue weighted by molar-refractivity contribution is 0.370. The fourth-order valence-electron chi connectivity index (χ4n) is 4.11. The molecule has 0 bridgehead atoms. The molecule has 0 atom stereocenters. The van der Waals surface area contributed by atoms with Crippen LogP contribution in [0.15, 0.2) is 59.1 Å². The summed E-state index contributed by atoms with van der Waals surface area (Å²) in [6.07, 6.45) is 0. The van der Waals surface area contributed by atoms with Gasteiger partial charge in [0.1, 0.15) is 13.4 Å². The van der Waals surface area contributed by atoms with Crippen LogP contribution in [0.2, 0.25) is 0 Å². The predicted molar refractivity (Wildman–Crippen MR) is 129 cm³/mol. The third-order valence-corrected chi connectivity index (χ3v) is 6.45. The number of halogens is 1. The van der Waals surface area contributed by atoms with Gasteiger partial charge in [-0.25, -0.2) is 0 Å². The largest absolute Gasteiger partial charge is 0.505 e. The first-order valence-electron chi connectivity index (χ1n) is 9.72. The topological polar surface area (TPSA) is 126 Å². The molecule has 0 unspecified atom stereocenters. The summed E-state index contributed by atoms with van der Waals surface area (Å²) in [5.74, 6) is -4.44. The molecule has 9 heteroatoms. The molecule has 2 radical (unpaired) electrons. The number of phenols is 6. The molecule has 0 saturated carbocycles. The van der Waals surface area contributed by atoms with Crippen LogP contribution in [-0.4, -0.2) is 43.1 Å². The second-order valence-electron chi connectivity index (χ2n) is 7.51. The Labute approximate surface area is 196 Å². The van der Waals surface area contributed by atoms with Gasteiger partial charge in [0.15, 0.2) is 23.0 Å². The summed E-state index contributed by atoms with van der Waals surface area (Å²) in [6, 6.07) is 16.8. The minimum absolute atomic E-state index is 0.00826. The highest BCUT2D eigenvalue weighted by molar-refractivity contribution is 9.10. The van der Waals surface area contributed by atoms with Crippen molar-refractivity contribution >= 4 is 51.0 Å². The highest BCUT2D eigenvalue weighted by Gasteiger charge is 2.29. The van der Waals surface area contributed by atoms with Crippen molar-refractivity contribution in [3.05, 3.63) is 59.1 Å². The van der Waals surface area contributed by atoms with Gasteiger partial charge in [0.05, 0.1) is 15.4 Å². The Morgan fingerprint density at radius 2 is 1.15 bits per heavy atom. The second-order valence-corrected chi connectivity index (χ2v) is 8.31. The van der Waals surface area contributed by atoms with Gasteiger partial charge in [-0.2, -0.15) is 0 Å². The smallest absolute Gasteiger partial charge is 0.202 e. The standard InChI is InChI=1S/C24H15BBrNO6/c25-15-13-14-17(16(26)21(30)23(32)19(14)28)27(18(13)22(31)24(33)20(15)29)12-8-6-11(7-9-12)10-4-2-1-3-5-10/h1-9,28-33H. The van der Waals surface area contributed by atoms with Crippen molar-refractivity contribution in [3.8, 4) is 51.3 Å². The Bertz CT molecular complexity index is 1500. The molecule has 33 heavy (non-hydrogen) atoms. The number of fused-ring (bicyclic) bond motifs is 3. The van der Waals surface area contributed by atoms with Crippen molar-refractivity contribution in [2.45, 2.75) is 0 Å². The molecule has 0 saturated heterocycles. The van der Waals surface area contributed by atoms with Crippen molar-refractivity contribution < 1.29 is 30.6 Å². The van der Waals surface area contributed by atoms with Gasteiger partial charge >= 0.3 is 0 Å². The van der Waals surface area contributed by atoms with Crippen LogP contribution in [0.1, 0.15) is 0 Å². The summed E-state index contributed by atoms with van der Waals surface area (Å²) in [6.45, 7) is 0. The van der Waals surface area contributed by atoms with Gasteiger partial charge in [-0.05, 0) is 44.7 Å². The monoisotopic (exact) mass is 503 g/mol. The molecule has 0 spiro atoms. The molecular weight excluding hydrogens is 489 g/mol. The quantitative estimate of drug-likeness (QED) is 0.158. The Morgan fingerprint density at radius 1 is 0.576 bits per heavy atom. The molecule has 0 aliphatic heterocycles. The zero-order chi connectivity index (χ0) is 23.6. The van der Waals surface area contributed by atoms with E-state index < -0.39 is 34.5 Å². The third kappa shape index (κ3) is 2.82. The van der Waals surface area contributed by atoms with Crippen LogP contribution in [-0.2, 0) is 0 Å². The SMILES string of the molecule is [B]c1c(O)c(O)c(O)c2c1c1c(O)c(O)c(O)c(Br)c1n2-c1ccc(-c2ccccc2)cc1. The van der Waals surface area contributed by atoms with Gasteiger partial charge in [0, 0.05) is 11.1 Å². The number of hydrogen-bond acceptors (Lipinski definition) is 6. The molecule has 1 heterocycles. The Balaban J connectivity index is 1.95. The van der Waals surface area contributed by atoms with E-state index in [1.54, 1.807) is 12.1 Å². The minimum Gasteiger partial charge on any atom is -0.505 e. The summed E-state index contributed by atoms with van der Waals surface area (Å²) in [5, 5.41) is 62.4. The molecule has 0 amide bonds. The van der Waals surface area contributed by atoms with Gasteiger partial charge in [0.25, 0.3) is 0 Å². The number of benzene rings is 4. The molecule has 7 nitrogen and oxygen atoms in total. The molecule has 5 aromatic rings. The van der Waals surface area contributed by atoms with Gasteiger partial charge in [0.2, 0.25) is 11.5 Å². The normalized spacial score (nSPS) is 11.4. The molecule has 162 valence electrons. The molecule has 0 aliphatic rings. The van der Waals surface area contributed by atoms with Crippen LogP contribution < -0.4 is 5.46 Å². The summed E-state index contributed by atoms with van der Waals surface area (Å²) < 4.78 is 1.46. The van der Waals surface area contributed by atoms with Crippen molar-refractivity contribution in [3.63, 3.8) is 0 Å². The number of phenolic OH excluding ortho intramolecular Hbond substituents is 6. The summed E-state index contributed by atoms with van der Waals surface area (Å²) in [4.78, 5) is 0. The van der Waals surface area contributed by atoms with Crippen LogP contribution >= 0.6 is 15.9 Å². The first-order valence-corrected chi connectivity index (χ1v) is 10.5. The minimum atomic E-state index is -0.839. The highest BCUT2D eigenvalue weighted by atomic mass is 79.9. The van der Waals surface area contributed by atoms with E-state index >= 15 is 0 Å². The lowest BCUT2D eigenvalue weighted by atomic mass is 9.88. The molecule has 0 aliphatic carbocycles. The first-order chi connectivity index (χ1) is 15.7. The lowest BCUT2D eigenvalue weighted by Crippen LogP contribution is -2.05. The number of rotatable bonds is 2. The molecule has 1 aromatic heterocycles. The number of aromatic hydroxyl groups is 6. The van der Waals surface area contributed by atoms with Crippen molar-refractivity contribution in [1.29, 1.82) is 0 Å². The van der Waals surface area contributed by atoms with Crippen molar-refractivity contribution in [2.24, 2.45) is 0 Å². The molecule has 4 aromatic carbocycles. The third-order valence-electron chi connectivity index (χ3n) is 5.70. The fourth-order valence-corrected chi connectivity index (χ4v) is 4.67. The highest BCUT2D eigenvalue weighted by Crippen LogP contribution is 2.54. The maximum absolute atomic E-state index is 10.8. The number of hydrogen-bond donors (Lipinski definition) is 6. The molecule has 6 N–H and O–H groups in total. The Kier molecular flexibility index (Phi) is 4.61. The van der Waals surface area contributed by atoms with E-state index in [9.17, 15) is 30.6 Å². The van der Waals surface area contributed by atoms with Crippen molar-refractivity contribution in [1.82, 2.24) is 4.57 Å². The summed E-state index contributed by atoms with van der Waals surface area (Å²) in [5.41, 5.74) is 2.19. The van der Waals surface area contributed by atoms with E-state index in [4.69, 9.17) is 7.85 Å². The summed E-state index contributed by atoms with van der Waals surface area (Å²) in [7, 11) is 6.05. The van der Waals surface area contributed by atoms with E-state index in [0.29, 0.717) is 5.69 Å². The first kappa shape index (κ1) is 20.9. The maximum atomic E-state index is 10.8. The Morgan fingerprint density at radius 3 is 1.79 bits per heavy atom. The molecular formula is C24H15BBrNO6.